The average Bonchev–Trinajstić information content (AvgIpc) is 2.74. The number of anilines is 1. The zero-order valence-electron chi connectivity index (χ0n) is 11.9. The molecule has 6 nitrogen and oxygen atoms in total. The summed E-state index contributed by atoms with van der Waals surface area (Å²) in [5.41, 5.74) is 6.83. The number of carbonyl (C=O) groups is 2. The minimum atomic E-state index is -1.02. The number of carboxylic acids is 1. The Kier molecular flexibility index (Phi) is 4.42. The van der Waals surface area contributed by atoms with Crippen LogP contribution in [0.3, 0.4) is 0 Å². The van der Waals surface area contributed by atoms with E-state index < -0.39 is 5.97 Å². The van der Waals surface area contributed by atoms with E-state index in [0.29, 0.717) is 17.2 Å². The highest BCUT2D eigenvalue weighted by Gasteiger charge is 2.20. The van der Waals surface area contributed by atoms with E-state index in [1.165, 1.54) is 16.2 Å². The highest BCUT2D eigenvalue weighted by atomic mass is 32.1. The first-order chi connectivity index (χ1) is 9.86. The average molecular weight is 307 g/mol. The number of rotatable bonds is 5. The molecule has 0 aliphatic carbocycles. The van der Waals surface area contributed by atoms with Crippen molar-refractivity contribution in [3.05, 3.63) is 23.8 Å². The van der Waals surface area contributed by atoms with E-state index in [0.717, 1.165) is 10.2 Å². The molecular formula is C14H17N3O3S. The molecule has 0 saturated heterocycles. The molecule has 2 rings (SSSR count). The Bertz CT molecular complexity index is 681. The molecule has 21 heavy (non-hydrogen) atoms. The molecule has 0 aliphatic heterocycles. The lowest BCUT2D eigenvalue weighted by Crippen LogP contribution is -2.38. The first kappa shape index (κ1) is 15.2. The van der Waals surface area contributed by atoms with Gasteiger partial charge in [0.2, 0.25) is 0 Å². The molecule has 0 aliphatic rings. The van der Waals surface area contributed by atoms with Gasteiger partial charge in [0.25, 0.3) is 5.91 Å². The Balaban J connectivity index is 2.30. The smallest absolute Gasteiger partial charge is 0.323 e. The molecule has 1 amide bonds. The zero-order chi connectivity index (χ0) is 15.6. The molecule has 0 radical (unpaired) electrons. The molecule has 0 spiro atoms. The van der Waals surface area contributed by atoms with Crippen LogP contribution in [0.15, 0.2) is 18.2 Å². The second kappa shape index (κ2) is 6.09. The largest absolute Gasteiger partial charge is 0.480 e. The molecule has 2 aromatic rings. The van der Waals surface area contributed by atoms with Gasteiger partial charge in [-0.2, -0.15) is 0 Å². The lowest BCUT2D eigenvalue weighted by molar-refractivity contribution is -0.137. The fourth-order valence-corrected chi connectivity index (χ4v) is 2.85. The molecule has 1 aromatic carbocycles. The van der Waals surface area contributed by atoms with Gasteiger partial charge in [-0.25, -0.2) is 4.98 Å². The molecule has 0 bridgehead atoms. The van der Waals surface area contributed by atoms with Crippen LogP contribution < -0.4 is 5.73 Å². The van der Waals surface area contributed by atoms with Gasteiger partial charge >= 0.3 is 5.97 Å². The minimum absolute atomic E-state index is 0.191. The number of fused-ring (bicyclic) bond motifs is 1. The number of benzene rings is 1. The topological polar surface area (TPSA) is 96.5 Å². The van der Waals surface area contributed by atoms with E-state index in [4.69, 9.17) is 10.8 Å². The first-order valence-corrected chi connectivity index (χ1v) is 7.35. The van der Waals surface area contributed by atoms with Gasteiger partial charge in [0.05, 0.1) is 10.2 Å². The number of nitrogens with two attached hydrogens (primary N) is 1. The number of aliphatic carboxylic acids is 1. The van der Waals surface area contributed by atoms with Gasteiger partial charge in [0.15, 0.2) is 5.13 Å². The van der Waals surface area contributed by atoms with Crippen LogP contribution in [0.5, 0.6) is 0 Å². The summed E-state index contributed by atoms with van der Waals surface area (Å²) in [6.45, 7) is 3.97. The molecule has 1 aromatic heterocycles. The number of nitrogen functional groups attached to an aromatic ring is 1. The lowest BCUT2D eigenvalue weighted by Gasteiger charge is -2.22. The molecule has 112 valence electrons. The Morgan fingerprint density at radius 3 is 2.76 bits per heavy atom. The maximum atomic E-state index is 12.5. The molecule has 0 fully saturated rings. The van der Waals surface area contributed by atoms with Crippen LogP contribution in [0.25, 0.3) is 10.2 Å². The highest BCUT2D eigenvalue weighted by Crippen LogP contribution is 2.25. The molecule has 7 heteroatoms. The highest BCUT2D eigenvalue weighted by molar-refractivity contribution is 7.22. The summed E-state index contributed by atoms with van der Waals surface area (Å²) in [6.07, 6.45) is 0. The van der Waals surface area contributed by atoms with Crippen LogP contribution >= 0.6 is 11.3 Å². The van der Waals surface area contributed by atoms with Gasteiger partial charge < -0.3 is 15.7 Å². The Morgan fingerprint density at radius 2 is 2.14 bits per heavy atom. The van der Waals surface area contributed by atoms with Crippen molar-refractivity contribution in [3.8, 4) is 0 Å². The fourth-order valence-electron chi connectivity index (χ4n) is 2.08. The Hall–Kier alpha value is -2.15. The van der Waals surface area contributed by atoms with Crippen LogP contribution in [-0.4, -0.2) is 40.0 Å². The zero-order valence-corrected chi connectivity index (χ0v) is 12.7. The van der Waals surface area contributed by atoms with Crippen LogP contribution in [-0.2, 0) is 4.79 Å². The van der Waals surface area contributed by atoms with E-state index >= 15 is 0 Å². The summed E-state index contributed by atoms with van der Waals surface area (Å²) in [5.74, 6) is -1.12. The second-order valence-electron chi connectivity index (χ2n) is 5.21. The quantitative estimate of drug-likeness (QED) is 0.881. The number of carboxylic acid groups (broad SMARTS) is 1. The molecule has 0 unspecified atom stereocenters. The van der Waals surface area contributed by atoms with Gasteiger partial charge in [-0.3, -0.25) is 9.59 Å². The molecule has 0 atom stereocenters. The van der Waals surface area contributed by atoms with Crippen LogP contribution in [0.4, 0.5) is 5.13 Å². The number of hydrogen-bond donors (Lipinski definition) is 2. The number of hydrogen-bond acceptors (Lipinski definition) is 5. The van der Waals surface area contributed by atoms with Gasteiger partial charge in [0, 0.05) is 12.1 Å². The van der Waals surface area contributed by atoms with Gasteiger partial charge in [-0.05, 0) is 24.1 Å². The van der Waals surface area contributed by atoms with Crippen molar-refractivity contribution < 1.29 is 14.7 Å². The number of aromatic nitrogens is 1. The van der Waals surface area contributed by atoms with E-state index in [2.05, 4.69) is 4.98 Å². The van der Waals surface area contributed by atoms with Gasteiger partial charge in [-0.15, -0.1) is 0 Å². The Morgan fingerprint density at radius 1 is 1.43 bits per heavy atom. The molecular weight excluding hydrogens is 290 g/mol. The van der Waals surface area contributed by atoms with E-state index in [-0.39, 0.29) is 18.4 Å². The normalized spacial score (nSPS) is 11.0. The van der Waals surface area contributed by atoms with Crippen molar-refractivity contribution in [1.29, 1.82) is 0 Å². The maximum absolute atomic E-state index is 12.5. The van der Waals surface area contributed by atoms with Gasteiger partial charge in [0.1, 0.15) is 6.54 Å². The summed E-state index contributed by atoms with van der Waals surface area (Å²) in [4.78, 5) is 28.9. The predicted molar refractivity (Wildman–Crippen MR) is 82.4 cm³/mol. The maximum Gasteiger partial charge on any atom is 0.323 e. The summed E-state index contributed by atoms with van der Waals surface area (Å²) in [6, 6.07) is 5.09. The standard InChI is InChI=1S/C14H17N3O3S/c1-8(2)6-17(7-12(18)19)13(20)9-3-4-10-11(5-9)21-14(15)16-10/h3-5,8H,6-7H2,1-2H3,(H2,15,16)(H,18,19). The summed E-state index contributed by atoms with van der Waals surface area (Å²) in [7, 11) is 0. The summed E-state index contributed by atoms with van der Waals surface area (Å²) in [5, 5.41) is 9.39. The monoisotopic (exact) mass is 307 g/mol. The van der Waals surface area contributed by atoms with Crippen molar-refractivity contribution in [3.63, 3.8) is 0 Å². The third-order valence-corrected chi connectivity index (χ3v) is 3.70. The predicted octanol–water partition coefficient (Wildman–Crippen LogP) is 2.06. The van der Waals surface area contributed by atoms with Crippen molar-refractivity contribution in [2.45, 2.75) is 13.8 Å². The van der Waals surface area contributed by atoms with E-state index in [1.54, 1.807) is 18.2 Å². The lowest BCUT2D eigenvalue weighted by atomic mass is 10.1. The van der Waals surface area contributed by atoms with Crippen molar-refractivity contribution in [2.75, 3.05) is 18.8 Å². The van der Waals surface area contributed by atoms with Crippen LogP contribution in [0.1, 0.15) is 24.2 Å². The third kappa shape index (κ3) is 3.69. The number of nitrogens with zero attached hydrogens (tertiary/aromatic N) is 2. The molecule has 3 N–H and O–H groups in total. The fraction of sp³-hybridized carbons (Fsp3) is 0.357. The van der Waals surface area contributed by atoms with Crippen molar-refractivity contribution in [2.24, 2.45) is 5.92 Å². The van der Waals surface area contributed by atoms with Crippen molar-refractivity contribution >= 4 is 38.6 Å². The van der Waals surface area contributed by atoms with Crippen LogP contribution in [0.2, 0.25) is 0 Å². The minimum Gasteiger partial charge on any atom is -0.480 e. The number of thiazole rings is 1. The SMILES string of the molecule is CC(C)CN(CC(=O)O)C(=O)c1ccc2nc(N)sc2c1. The van der Waals surface area contributed by atoms with Crippen molar-refractivity contribution in [1.82, 2.24) is 9.88 Å². The number of carbonyl (C=O) groups excluding carboxylic acids is 1. The van der Waals surface area contributed by atoms with E-state index in [1.807, 2.05) is 13.8 Å². The second-order valence-corrected chi connectivity index (χ2v) is 6.27. The van der Waals surface area contributed by atoms with Crippen LogP contribution in [0, 0.1) is 5.92 Å². The van der Waals surface area contributed by atoms with E-state index in [9.17, 15) is 9.59 Å². The summed E-state index contributed by atoms with van der Waals surface area (Å²) >= 11 is 1.30. The third-order valence-electron chi connectivity index (χ3n) is 2.85. The molecule has 1 heterocycles. The van der Waals surface area contributed by atoms with Gasteiger partial charge in [-0.1, -0.05) is 25.2 Å². The first-order valence-electron chi connectivity index (χ1n) is 6.54. The Labute approximate surface area is 126 Å². The molecule has 0 saturated carbocycles. The number of amides is 1. The summed E-state index contributed by atoms with van der Waals surface area (Å²) < 4.78 is 0.818.